The molecule has 0 spiro atoms. The summed E-state index contributed by atoms with van der Waals surface area (Å²) in [6.45, 7) is 4.12. The highest BCUT2D eigenvalue weighted by atomic mass is 16.5. The van der Waals surface area contributed by atoms with Crippen molar-refractivity contribution in [1.29, 1.82) is 0 Å². The summed E-state index contributed by atoms with van der Waals surface area (Å²) in [6, 6.07) is 0. The van der Waals surface area contributed by atoms with Crippen LogP contribution in [0.3, 0.4) is 0 Å². The predicted octanol–water partition coefficient (Wildman–Crippen LogP) is 1.51. The number of anilines is 1. The van der Waals surface area contributed by atoms with Gasteiger partial charge in [0.05, 0.1) is 5.69 Å². The molecule has 0 aromatic carbocycles. The van der Waals surface area contributed by atoms with E-state index in [0.717, 1.165) is 19.4 Å². The van der Waals surface area contributed by atoms with Crippen LogP contribution in [-0.4, -0.2) is 32.9 Å². The van der Waals surface area contributed by atoms with Gasteiger partial charge in [0.25, 0.3) is 5.91 Å². The molecular formula is C12H15N5O3. The van der Waals surface area contributed by atoms with Gasteiger partial charge in [-0.15, -0.1) is 5.10 Å². The van der Waals surface area contributed by atoms with Gasteiger partial charge in [-0.2, -0.15) is 4.98 Å². The molecule has 1 fully saturated rings. The Morgan fingerprint density at radius 2 is 2.30 bits per heavy atom. The van der Waals surface area contributed by atoms with Crippen LogP contribution in [-0.2, 0) is 4.74 Å². The third kappa shape index (κ3) is 2.29. The van der Waals surface area contributed by atoms with Crippen LogP contribution in [0.15, 0.2) is 4.52 Å². The Morgan fingerprint density at radius 3 is 2.95 bits per heavy atom. The van der Waals surface area contributed by atoms with Crippen molar-refractivity contribution in [2.45, 2.75) is 32.8 Å². The summed E-state index contributed by atoms with van der Waals surface area (Å²) in [5.74, 6) is 0.992. The highest BCUT2D eigenvalue weighted by Gasteiger charge is 2.23. The van der Waals surface area contributed by atoms with Gasteiger partial charge in [0, 0.05) is 6.61 Å². The molecule has 1 saturated heterocycles. The maximum absolute atomic E-state index is 12.1. The summed E-state index contributed by atoms with van der Waals surface area (Å²) in [5, 5.41) is 13.1. The molecular weight excluding hydrogens is 262 g/mol. The van der Waals surface area contributed by atoms with Crippen molar-refractivity contribution in [1.82, 2.24) is 20.3 Å². The van der Waals surface area contributed by atoms with Gasteiger partial charge >= 0.3 is 0 Å². The van der Waals surface area contributed by atoms with E-state index < -0.39 is 0 Å². The van der Waals surface area contributed by atoms with Crippen molar-refractivity contribution in [2.24, 2.45) is 0 Å². The zero-order valence-electron chi connectivity index (χ0n) is 11.3. The van der Waals surface area contributed by atoms with Crippen molar-refractivity contribution in [3.05, 3.63) is 22.8 Å². The first-order valence-corrected chi connectivity index (χ1v) is 6.43. The van der Waals surface area contributed by atoms with Crippen LogP contribution in [0.4, 0.5) is 5.95 Å². The van der Waals surface area contributed by atoms with E-state index in [2.05, 4.69) is 25.7 Å². The van der Waals surface area contributed by atoms with Crippen LogP contribution in [0.2, 0.25) is 0 Å². The van der Waals surface area contributed by atoms with Crippen LogP contribution in [0.5, 0.6) is 0 Å². The molecule has 3 rings (SSSR count). The van der Waals surface area contributed by atoms with E-state index in [-0.39, 0.29) is 18.0 Å². The first kappa shape index (κ1) is 12.8. The third-order valence-corrected chi connectivity index (χ3v) is 3.22. The minimum absolute atomic E-state index is 0.0628. The van der Waals surface area contributed by atoms with Crippen LogP contribution >= 0.6 is 0 Å². The molecule has 0 bridgehead atoms. The van der Waals surface area contributed by atoms with E-state index in [4.69, 9.17) is 9.26 Å². The normalized spacial score (nSPS) is 18.4. The Kier molecular flexibility index (Phi) is 3.23. The maximum Gasteiger partial charge on any atom is 0.263 e. The zero-order chi connectivity index (χ0) is 14.1. The molecule has 2 N–H and O–H groups in total. The van der Waals surface area contributed by atoms with E-state index in [1.807, 2.05) is 0 Å². The fourth-order valence-corrected chi connectivity index (χ4v) is 2.24. The van der Waals surface area contributed by atoms with Crippen molar-refractivity contribution >= 4 is 11.9 Å². The largest absolute Gasteiger partial charge is 0.370 e. The molecule has 2 aromatic heterocycles. The molecule has 0 aliphatic carbocycles. The van der Waals surface area contributed by atoms with Gasteiger partial charge in [-0.05, 0) is 26.7 Å². The van der Waals surface area contributed by atoms with Gasteiger partial charge in [-0.25, -0.2) is 0 Å². The Bertz CT molecular complexity index is 607. The van der Waals surface area contributed by atoms with Crippen LogP contribution in [0.25, 0.3) is 0 Å². The number of aromatic nitrogens is 4. The highest BCUT2D eigenvalue weighted by molar-refractivity contribution is 6.04. The number of rotatable bonds is 3. The van der Waals surface area contributed by atoms with Crippen molar-refractivity contribution < 1.29 is 14.1 Å². The number of hydrogen-bond donors (Lipinski definition) is 2. The van der Waals surface area contributed by atoms with E-state index in [1.165, 1.54) is 0 Å². The molecule has 106 valence electrons. The van der Waals surface area contributed by atoms with Crippen LogP contribution in [0, 0.1) is 13.8 Å². The molecule has 20 heavy (non-hydrogen) atoms. The van der Waals surface area contributed by atoms with Gasteiger partial charge in [0.1, 0.15) is 17.4 Å². The quantitative estimate of drug-likeness (QED) is 0.880. The number of H-pyrrole nitrogens is 1. The molecule has 1 amide bonds. The van der Waals surface area contributed by atoms with Gasteiger partial charge in [-0.1, -0.05) is 5.16 Å². The Labute approximate surface area is 114 Å². The number of aryl methyl sites for hydroxylation is 2. The summed E-state index contributed by atoms with van der Waals surface area (Å²) in [5.41, 5.74) is 0.948. The van der Waals surface area contributed by atoms with Crippen molar-refractivity contribution in [3.63, 3.8) is 0 Å². The molecule has 0 saturated carbocycles. The number of ether oxygens (including phenoxy) is 1. The Morgan fingerprint density at radius 1 is 1.45 bits per heavy atom. The van der Waals surface area contributed by atoms with E-state index in [1.54, 1.807) is 13.8 Å². The molecule has 0 radical (unpaired) electrons. The van der Waals surface area contributed by atoms with Crippen LogP contribution < -0.4 is 5.32 Å². The average Bonchev–Trinajstić information content (AvgIpc) is 3.10. The number of hydrogen-bond acceptors (Lipinski definition) is 6. The summed E-state index contributed by atoms with van der Waals surface area (Å²) in [6.07, 6.45) is 1.85. The molecule has 1 aliphatic rings. The summed E-state index contributed by atoms with van der Waals surface area (Å²) < 4.78 is 10.5. The van der Waals surface area contributed by atoms with Gasteiger partial charge in [0.2, 0.25) is 5.95 Å². The topological polar surface area (TPSA) is 106 Å². The first-order valence-electron chi connectivity index (χ1n) is 6.43. The maximum atomic E-state index is 12.1. The lowest BCUT2D eigenvalue weighted by molar-refractivity contribution is 0.102. The number of nitrogens with one attached hydrogen (secondary N) is 2. The van der Waals surface area contributed by atoms with E-state index in [0.29, 0.717) is 22.8 Å². The smallest absolute Gasteiger partial charge is 0.263 e. The molecule has 1 aliphatic heterocycles. The second-order valence-corrected chi connectivity index (χ2v) is 4.70. The lowest BCUT2D eigenvalue weighted by Gasteiger charge is -2.03. The van der Waals surface area contributed by atoms with E-state index >= 15 is 0 Å². The second kappa shape index (κ2) is 5.04. The highest BCUT2D eigenvalue weighted by Crippen LogP contribution is 2.26. The van der Waals surface area contributed by atoms with Gasteiger partial charge in [0.15, 0.2) is 5.82 Å². The van der Waals surface area contributed by atoms with Crippen LogP contribution in [0.1, 0.15) is 46.6 Å². The fraction of sp³-hybridized carbons (Fsp3) is 0.500. The second-order valence-electron chi connectivity index (χ2n) is 4.70. The fourth-order valence-electron chi connectivity index (χ4n) is 2.24. The average molecular weight is 277 g/mol. The SMILES string of the molecule is Cc1noc(C)c1C(=O)Nc1n[nH]c(C2CCCO2)n1. The van der Waals surface area contributed by atoms with E-state index in [9.17, 15) is 4.79 Å². The number of carbonyl (C=O) groups is 1. The number of nitrogens with zero attached hydrogens (tertiary/aromatic N) is 3. The van der Waals surface area contributed by atoms with Crippen molar-refractivity contribution in [3.8, 4) is 0 Å². The van der Waals surface area contributed by atoms with Gasteiger partial charge in [-0.3, -0.25) is 15.2 Å². The molecule has 8 heteroatoms. The number of aromatic amines is 1. The predicted molar refractivity (Wildman–Crippen MR) is 68.2 cm³/mol. The summed E-state index contributed by atoms with van der Waals surface area (Å²) in [7, 11) is 0. The Hall–Kier alpha value is -2.22. The minimum Gasteiger partial charge on any atom is -0.370 e. The molecule has 8 nitrogen and oxygen atoms in total. The lowest BCUT2D eigenvalue weighted by atomic mass is 10.2. The number of carbonyl (C=O) groups excluding carboxylic acids is 1. The number of amides is 1. The lowest BCUT2D eigenvalue weighted by Crippen LogP contribution is -2.14. The summed E-state index contributed by atoms with van der Waals surface area (Å²) in [4.78, 5) is 16.3. The molecule has 1 atom stereocenters. The van der Waals surface area contributed by atoms with Gasteiger partial charge < -0.3 is 9.26 Å². The zero-order valence-corrected chi connectivity index (χ0v) is 11.3. The van der Waals surface area contributed by atoms with Crippen molar-refractivity contribution in [2.75, 3.05) is 11.9 Å². The first-order chi connectivity index (χ1) is 9.65. The molecule has 3 heterocycles. The third-order valence-electron chi connectivity index (χ3n) is 3.22. The molecule has 2 aromatic rings. The summed E-state index contributed by atoms with van der Waals surface area (Å²) >= 11 is 0. The standard InChI is InChI=1S/C12H15N5O3/c1-6-9(7(2)20-17-6)11(18)14-12-13-10(15-16-12)8-4-3-5-19-8/h8H,3-5H2,1-2H3,(H2,13,14,15,16,18). The molecule has 1 unspecified atom stereocenters. The monoisotopic (exact) mass is 277 g/mol. The Balaban J connectivity index is 1.73. The minimum atomic E-state index is -0.334.